The molecule has 1 fully saturated rings. The van der Waals surface area contributed by atoms with Crippen LogP contribution in [0.3, 0.4) is 0 Å². The molecule has 1 aromatic rings. The molecule has 0 radical (unpaired) electrons. The average molecular weight is 348 g/mol. The second kappa shape index (κ2) is 6.65. The van der Waals surface area contributed by atoms with Crippen LogP contribution in [0.4, 0.5) is 4.39 Å². The largest absolute Gasteiger partial charge is 0.480 e. The van der Waals surface area contributed by atoms with Crippen molar-refractivity contribution in [1.82, 2.24) is 10.2 Å². The van der Waals surface area contributed by atoms with E-state index >= 15 is 0 Å². The minimum absolute atomic E-state index is 0.00307. The second-order valence-corrected chi connectivity index (χ2v) is 7.95. The van der Waals surface area contributed by atoms with E-state index in [9.17, 15) is 14.0 Å². The second-order valence-electron chi connectivity index (χ2n) is 7.95. The van der Waals surface area contributed by atoms with Crippen molar-refractivity contribution in [3.05, 3.63) is 29.6 Å². The number of rotatable bonds is 5. The van der Waals surface area contributed by atoms with Gasteiger partial charge in [-0.15, -0.1) is 0 Å². The van der Waals surface area contributed by atoms with Crippen molar-refractivity contribution in [3.8, 4) is 5.75 Å². The molecule has 0 bridgehead atoms. The number of nitrogens with zero attached hydrogens (tertiary/aromatic N) is 1. The highest BCUT2D eigenvalue weighted by atomic mass is 19.1. The molecule has 0 saturated carbocycles. The van der Waals surface area contributed by atoms with Crippen molar-refractivity contribution >= 4 is 11.8 Å². The monoisotopic (exact) mass is 348 g/mol. The number of halogens is 1. The number of likely N-dealkylation sites (tertiary alicyclic amines) is 1. The highest BCUT2D eigenvalue weighted by Gasteiger charge is 2.40. The summed E-state index contributed by atoms with van der Waals surface area (Å²) >= 11 is 0. The fraction of sp³-hybridized carbons (Fsp3) is 0.579. The topological polar surface area (TPSA) is 58.6 Å². The number of hydrogen-bond acceptors (Lipinski definition) is 3. The highest BCUT2D eigenvalue weighted by Crippen LogP contribution is 2.34. The van der Waals surface area contributed by atoms with E-state index in [1.54, 1.807) is 6.07 Å². The lowest BCUT2D eigenvalue weighted by Crippen LogP contribution is -2.55. The van der Waals surface area contributed by atoms with E-state index < -0.39 is 6.10 Å². The third kappa shape index (κ3) is 4.11. The van der Waals surface area contributed by atoms with Gasteiger partial charge in [0.15, 0.2) is 6.10 Å². The molecule has 1 atom stereocenters. The Hall–Kier alpha value is -2.11. The van der Waals surface area contributed by atoms with Gasteiger partial charge in [0.05, 0.1) is 0 Å². The van der Waals surface area contributed by atoms with Gasteiger partial charge in [-0.1, -0.05) is 19.9 Å². The van der Waals surface area contributed by atoms with E-state index in [0.717, 1.165) is 12.0 Å². The van der Waals surface area contributed by atoms with Gasteiger partial charge in [-0.25, -0.2) is 4.39 Å². The van der Waals surface area contributed by atoms with Gasteiger partial charge in [-0.2, -0.15) is 0 Å². The first-order chi connectivity index (χ1) is 11.7. The Morgan fingerprint density at radius 1 is 1.36 bits per heavy atom. The standard InChI is InChI=1S/C19H25FN2O3/c1-12(23)21-11-19(2,3)8-13-9-22(10-13)18(24)17-6-14-4-5-15(20)7-16(14)25-17/h4-5,7,13,17H,6,8-11H2,1-3H3,(H,21,23). The quantitative estimate of drug-likeness (QED) is 0.887. The lowest BCUT2D eigenvalue weighted by Gasteiger charge is -2.43. The van der Waals surface area contributed by atoms with Crippen molar-refractivity contribution in [2.75, 3.05) is 19.6 Å². The lowest BCUT2D eigenvalue weighted by atomic mass is 9.79. The minimum atomic E-state index is -0.537. The van der Waals surface area contributed by atoms with E-state index in [-0.39, 0.29) is 23.0 Å². The molecule has 1 aromatic carbocycles. The smallest absolute Gasteiger partial charge is 0.264 e. The predicted octanol–water partition coefficient (Wildman–Crippen LogP) is 2.14. The summed E-state index contributed by atoms with van der Waals surface area (Å²) in [7, 11) is 0. The summed E-state index contributed by atoms with van der Waals surface area (Å²) in [4.78, 5) is 25.4. The summed E-state index contributed by atoms with van der Waals surface area (Å²) in [6.07, 6.45) is 0.919. The third-order valence-electron chi connectivity index (χ3n) is 4.91. The van der Waals surface area contributed by atoms with Crippen molar-refractivity contribution in [2.45, 2.75) is 39.7 Å². The molecule has 0 aromatic heterocycles. The Morgan fingerprint density at radius 2 is 2.08 bits per heavy atom. The molecule has 1 unspecified atom stereocenters. The Balaban J connectivity index is 1.47. The first-order valence-electron chi connectivity index (χ1n) is 8.72. The summed E-state index contributed by atoms with van der Waals surface area (Å²) in [6, 6.07) is 4.42. The highest BCUT2D eigenvalue weighted by molar-refractivity contribution is 5.83. The van der Waals surface area contributed by atoms with Gasteiger partial charge in [0, 0.05) is 39.0 Å². The molecule has 2 aliphatic rings. The van der Waals surface area contributed by atoms with E-state index in [4.69, 9.17) is 4.74 Å². The van der Waals surface area contributed by atoms with Gasteiger partial charge in [0.2, 0.25) is 5.91 Å². The van der Waals surface area contributed by atoms with Gasteiger partial charge < -0.3 is 15.0 Å². The summed E-state index contributed by atoms with van der Waals surface area (Å²) in [5.74, 6) is 0.526. The zero-order valence-corrected chi connectivity index (χ0v) is 15.0. The van der Waals surface area contributed by atoms with Crippen LogP contribution in [0.15, 0.2) is 18.2 Å². The van der Waals surface area contributed by atoms with Crippen LogP contribution in [-0.2, 0) is 16.0 Å². The summed E-state index contributed by atoms with van der Waals surface area (Å²) in [6.45, 7) is 7.84. The molecule has 25 heavy (non-hydrogen) atoms. The number of ether oxygens (including phenoxy) is 1. The van der Waals surface area contributed by atoms with Gasteiger partial charge in [-0.05, 0) is 29.4 Å². The average Bonchev–Trinajstić information content (AvgIpc) is 2.91. The van der Waals surface area contributed by atoms with E-state index in [1.807, 2.05) is 4.90 Å². The molecule has 0 spiro atoms. The summed E-state index contributed by atoms with van der Waals surface area (Å²) < 4.78 is 18.9. The molecule has 5 nitrogen and oxygen atoms in total. The Bertz CT molecular complexity index is 683. The van der Waals surface area contributed by atoms with Gasteiger partial charge in [0.1, 0.15) is 11.6 Å². The number of benzene rings is 1. The van der Waals surface area contributed by atoms with Gasteiger partial charge in [-0.3, -0.25) is 9.59 Å². The zero-order chi connectivity index (χ0) is 18.2. The van der Waals surface area contributed by atoms with Crippen LogP contribution in [0.2, 0.25) is 0 Å². The first kappa shape index (κ1) is 17.7. The number of carbonyl (C=O) groups excluding carboxylic acids is 2. The predicted molar refractivity (Wildman–Crippen MR) is 91.7 cm³/mol. The van der Waals surface area contributed by atoms with E-state index in [0.29, 0.717) is 37.7 Å². The molecule has 2 amide bonds. The minimum Gasteiger partial charge on any atom is -0.480 e. The van der Waals surface area contributed by atoms with Crippen LogP contribution in [0, 0.1) is 17.2 Å². The Labute approximate surface area is 147 Å². The summed E-state index contributed by atoms with van der Waals surface area (Å²) in [5.41, 5.74) is 0.886. The Morgan fingerprint density at radius 3 is 2.76 bits per heavy atom. The fourth-order valence-corrected chi connectivity index (χ4v) is 3.64. The molecule has 1 N–H and O–H groups in total. The van der Waals surface area contributed by atoms with Crippen LogP contribution in [-0.4, -0.2) is 42.5 Å². The first-order valence-corrected chi connectivity index (χ1v) is 8.72. The van der Waals surface area contributed by atoms with Gasteiger partial charge in [0.25, 0.3) is 5.91 Å². The normalized spacial score (nSPS) is 19.8. The van der Waals surface area contributed by atoms with Crippen LogP contribution in [0.5, 0.6) is 5.75 Å². The summed E-state index contributed by atoms with van der Waals surface area (Å²) in [5, 5.41) is 2.86. The van der Waals surface area contributed by atoms with E-state index in [1.165, 1.54) is 19.1 Å². The molecule has 6 heteroatoms. The van der Waals surface area contributed by atoms with Crippen molar-refractivity contribution in [2.24, 2.45) is 11.3 Å². The Kier molecular flexibility index (Phi) is 4.71. The van der Waals surface area contributed by atoms with Crippen LogP contribution >= 0.6 is 0 Å². The maximum Gasteiger partial charge on any atom is 0.264 e. The number of hydrogen-bond donors (Lipinski definition) is 1. The maximum atomic E-state index is 13.2. The lowest BCUT2D eigenvalue weighted by molar-refractivity contribution is -0.145. The van der Waals surface area contributed by atoms with Crippen molar-refractivity contribution in [1.29, 1.82) is 0 Å². The molecule has 136 valence electrons. The molecule has 3 rings (SSSR count). The van der Waals surface area contributed by atoms with Gasteiger partial charge >= 0.3 is 0 Å². The molecule has 0 aliphatic carbocycles. The van der Waals surface area contributed by atoms with Crippen LogP contribution in [0.1, 0.15) is 32.8 Å². The number of fused-ring (bicyclic) bond motifs is 1. The maximum absolute atomic E-state index is 13.2. The third-order valence-corrected chi connectivity index (χ3v) is 4.91. The molecule has 2 heterocycles. The number of nitrogens with one attached hydrogen (secondary N) is 1. The molecular weight excluding hydrogens is 323 g/mol. The van der Waals surface area contributed by atoms with Crippen molar-refractivity contribution in [3.63, 3.8) is 0 Å². The van der Waals surface area contributed by atoms with Crippen LogP contribution < -0.4 is 10.1 Å². The molecule has 1 saturated heterocycles. The molecule has 2 aliphatic heterocycles. The fourth-order valence-electron chi connectivity index (χ4n) is 3.64. The van der Waals surface area contributed by atoms with E-state index in [2.05, 4.69) is 19.2 Å². The zero-order valence-electron chi connectivity index (χ0n) is 15.0. The number of carbonyl (C=O) groups is 2. The number of amides is 2. The van der Waals surface area contributed by atoms with Crippen LogP contribution in [0.25, 0.3) is 0 Å². The molecular formula is C19H25FN2O3. The van der Waals surface area contributed by atoms with Crippen molar-refractivity contribution < 1.29 is 18.7 Å². The SMILES string of the molecule is CC(=O)NCC(C)(C)CC1CN(C(=O)C2Cc3ccc(F)cc3O2)C1.